The summed E-state index contributed by atoms with van der Waals surface area (Å²) in [4.78, 5) is 0. The van der Waals surface area contributed by atoms with Gasteiger partial charge in [0.1, 0.15) is 6.10 Å². The van der Waals surface area contributed by atoms with Crippen molar-refractivity contribution in [3.63, 3.8) is 0 Å². The number of halogens is 2. The van der Waals surface area contributed by atoms with Gasteiger partial charge in [0, 0.05) is 11.5 Å². The number of hydrogen-bond donors (Lipinski definition) is 1. The lowest BCUT2D eigenvalue weighted by molar-refractivity contribution is -0.419. The third-order valence-electron chi connectivity index (χ3n) is 6.67. The van der Waals surface area contributed by atoms with E-state index < -0.39 is 30.0 Å². The zero-order chi connectivity index (χ0) is 24.9. The lowest BCUT2D eigenvalue weighted by atomic mass is 9.81. The molecule has 0 amide bonds. The molecule has 4 rings (SSSR count). The molecule has 3 aromatic rings. The Balaban J connectivity index is 1.72. The number of ether oxygens (including phenoxy) is 3. The summed E-state index contributed by atoms with van der Waals surface area (Å²) in [7, 11) is 0. The van der Waals surface area contributed by atoms with E-state index in [-0.39, 0.29) is 24.7 Å². The smallest absolute Gasteiger partial charge is 0.328 e. The zero-order valence-corrected chi connectivity index (χ0v) is 20.0. The average Bonchev–Trinajstić information content (AvgIpc) is 2.89. The Labute approximate surface area is 205 Å². The maximum Gasteiger partial charge on any atom is 0.328 e. The Hall–Kier alpha value is -2.64. The van der Waals surface area contributed by atoms with Crippen molar-refractivity contribution in [2.24, 2.45) is 5.92 Å². The number of rotatable bonds is 9. The largest absolute Gasteiger partial charge is 0.370 e. The molecule has 4 nitrogen and oxygen atoms in total. The molecule has 1 saturated heterocycles. The molecule has 1 fully saturated rings. The first-order valence-corrected chi connectivity index (χ1v) is 12.0. The van der Waals surface area contributed by atoms with Gasteiger partial charge in [-0.15, -0.1) is 0 Å². The van der Waals surface area contributed by atoms with Crippen LogP contribution in [0, 0.1) is 5.92 Å². The van der Waals surface area contributed by atoms with Gasteiger partial charge in [0.05, 0.1) is 25.4 Å². The van der Waals surface area contributed by atoms with Crippen molar-refractivity contribution in [2.75, 3.05) is 0 Å². The Bertz CT molecular complexity index is 1050. The molecule has 1 heterocycles. The van der Waals surface area contributed by atoms with Gasteiger partial charge in [0.2, 0.25) is 0 Å². The van der Waals surface area contributed by atoms with Gasteiger partial charge in [-0.05, 0) is 17.5 Å². The van der Waals surface area contributed by atoms with Crippen molar-refractivity contribution >= 4 is 0 Å². The summed E-state index contributed by atoms with van der Waals surface area (Å²) in [5.41, 5.74) is 1.35. The number of hydrogen-bond acceptors (Lipinski definition) is 4. The van der Waals surface area contributed by atoms with Crippen LogP contribution >= 0.6 is 0 Å². The van der Waals surface area contributed by atoms with Gasteiger partial charge in [0.15, 0.2) is 0 Å². The molecule has 0 bridgehead atoms. The first-order valence-electron chi connectivity index (χ1n) is 12.0. The minimum atomic E-state index is -3.75. The van der Waals surface area contributed by atoms with Crippen LogP contribution in [0.4, 0.5) is 8.78 Å². The Kier molecular flexibility index (Phi) is 7.97. The fourth-order valence-electron chi connectivity index (χ4n) is 4.65. The minimum Gasteiger partial charge on any atom is -0.370 e. The standard InChI is InChI=1S/C29H32F2O4/c1-3-25-21(2)26(33-19-22-13-7-4-8-14-22)27(34-20-23-15-9-5-10-16-23)29(32,35-25)28(30,31)24-17-11-6-12-18-24/h4-18,21,25-27,32H,3,19-20H2,1-2H3/t21-,25+,26-,27+,29+/m0/s1. The van der Waals surface area contributed by atoms with Crippen molar-refractivity contribution < 1.29 is 28.1 Å². The highest BCUT2D eigenvalue weighted by Crippen LogP contribution is 2.49. The summed E-state index contributed by atoms with van der Waals surface area (Å²) < 4.78 is 50.3. The normalized spacial score (nSPS) is 27.0. The number of aliphatic hydroxyl groups is 1. The van der Waals surface area contributed by atoms with Crippen molar-refractivity contribution in [3.8, 4) is 0 Å². The van der Waals surface area contributed by atoms with E-state index in [1.165, 1.54) is 24.3 Å². The minimum absolute atomic E-state index is 0.0246. The highest BCUT2D eigenvalue weighted by atomic mass is 19.3. The fraction of sp³-hybridized carbons (Fsp3) is 0.379. The van der Waals surface area contributed by atoms with Gasteiger partial charge in [0.25, 0.3) is 5.79 Å². The Morgan fingerprint density at radius 2 is 1.31 bits per heavy atom. The van der Waals surface area contributed by atoms with E-state index in [9.17, 15) is 5.11 Å². The van der Waals surface area contributed by atoms with E-state index in [0.717, 1.165) is 11.1 Å². The molecule has 0 aliphatic carbocycles. The average molecular weight is 483 g/mol. The quantitative estimate of drug-likeness (QED) is 0.401. The molecule has 1 N–H and O–H groups in total. The van der Waals surface area contributed by atoms with Crippen molar-refractivity contribution in [1.29, 1.82) is 0 Å². The second kappa shape index (κ2) is 11.0. The second-order valence-electron chi connectivity index (χ2n) is 9.04. The molecule has 3 aromatic carbocycles. The molecule has 0 aromatic heterocycles. The maximum atomic E-state index is 16.1. The van der Waals surface area contributed by atoms with Crippen LogP contribution in [0.2, 0.25) is 0 Å². The number of alkyl halides is 2. The highest BCUT2D eigenvalue weighted by molar-refractivity contribution is 5.25. The van der Waals surface area contributed by atoms with Gasteiger partial charge >= 0.3 is 5.92 Å². The van der Waals surface area contributed by atoms with Crippen LogP contribution in [0.3, 0.4) is 0 Å². The van der Waals surface area contributed by atoms with E-state index in [2.05, 4.69) is 0 Å². The topological polar surface area (TPSA) is 47.9 Å². The van der Waals surface area contributed by atoms with E-state index in [4.69, 9.17) is 14.2 Å². The predicted octanol–water partition coefficient (Wildman–Crippen LogP) is 6.08. The van der Waals surface area contributed by atoms with E-state index in [1.807, 2.05) is 74.5 Å². The maximum absolute atomic E-state index is 16.1. The molecule has 1 aliphatic rings. The lowest BCUT2D eigenvalue weighted by Crippen LogP contribution is -2.68. The molecule has 0 saturated carbocycles. The summed E-state index contributed by atoms with van der Waals surface area (Å²) in [6.45, 7) is 3.96. The van der Waals surface area contributed by atoms with Crippen LogP contribution in [-0.4, -0.2) is 29.2 Å². The summed E-state index contributed by atoms with van der Waals surface area (Å²) >= 11 is 0. The summed E-state index contributed by atoms with van der Waals surface area (Å²) in [6.07, 6.45) is -2.49. The molecule has 1 aliphatic heterocycles. The van der Waals surface area contributed by atoms with Crippen LogP contribution in [0.1, 0.15) is 37.0 Å². The van der Waals surface area contributed by atoms with Gasteiger partial charge in [-0.2, -0.15) is 8.78 Å². The third kappa shape index (κ3) is 5.31. The van der Waals surface area contributed by atoms with Crippen molar-refractivity contribution in [1.82, 2.24) is 0 Å². The summed E-state index contributed by atoms with van der Waals surface area (Å²) in [5, 5.41) is 11.7. The molecule has 0 spiro atoms. The van der Waals surface area contributed by atoms with Gasteiger partial charge in [-0.3, -0.25) is 0 Å². The van der Waals surface area contributed by atoms with E-state index in [1.54, 1.807) is 6.07 Å². The van der Waals surface area contributed by atoms with Crippen LogP contribution in [0.25, 0.3) is 0 Å². The molecule has 35 heavy (non-hydrogen) atoms. The van der Waals surface area contributed by atoms with Crippen LogP contribution < -0.4 is 0 Å². The van der Waals surface area contributed by atoms with Crippen LogP contribution in [0.15, 0.2) is 91.0 Å². The van der Waals surface area contributed by atoms with Gasteiger partial charge in [-0.1, -0.05) is 105 Å². The van der Waals surface area contributed by atoms with Crippen molar-refractivity contribution in [2.45, 2.75) is 63.5 Å². The molecular weight excluding hydrogens is 450 g/mol. The second-order valence-corrected chi connectivity index (χ2v) is 9.04. The predicted molar refractivity (Wildman–Crippen MR) is 130 cm³/mol. The van der Waals surface area contributed by atoms with E-state index in [0.29, 0.717) is 6.42 Å². The molecule has 5 atom stereocenters. The third-order valence-corrected chi connectivity index (χ3v) is 6.67. The van der Waals surface area contributed by atoms with Gasteiger partial charge < -0.3 is 19.3 Å². The summed E-state index contributed by atoms with van der Waals surface area (Å²) in [6, 6.07) is 26.0. The first-order chi connectivity index (χ1) is 16.9. The Morgan fingerprint density at radius 3 is 1.83 bits per heavy atom. The van der Waals surface area contributed by atoms with Crippen LogP contribution in [-0.2, 0) is 33.3 Å². The summed E-state index contributed by atoms with van der Waals surface area (Å²) in [5.74, 6) is -6.98. The number of benzene rings is 3. The molecular formula is C29H32F2O4. The fourth-order valence-corrected chi connectivity index (χ4v) is 4.65. The first kappa shape index (κ1) is 25.5. The molecule has 0 unspecified atom stereocenters. The van der Waals surface area contributed by atoms with E-state index >= 15 is 8.78 Å². The molecule has 0 radical (unpaired) electrons. The highest BCUT2D eigenvalue weighted by Gasteiger charge is 2.67. The monoisotopic (exact) mass is 482 g/mol. The lowest BCUT2D eigenvalue weighted by Gasteiger charge is -2.52. The Morgan fingerprint density at radius 1 is 0.829 bits per heavy atom. The zero-order valence-electron chi connectivity index (χ0n) is 20.0. The molecule has 6 heteroatoms. The van der Waals surface area contributed by atoms with Gasteiger partial charge in [-0.25, -0.2) is 0 Å². The van der Waals surface area contributed by atoms with Crippen molar-refractivity contribution in [3.05, 3.63) is 108 Å². The molecule has 186 valence electrons. The van der Waals surface area contributed by atoms with Crippen LogP contribution in [0.5, 0.6) is 0 Å². The SMILES string of the molecule is CC[C@H]1O[C@@](O)(C(F)(F)c2ccccc2)[C@H](OCc2ccccc2)[C@@H](OCc2ccccc2)[C@H]1C.